The van der Waals surface area contributed by atoms with Gasteiger partial charge >= 0.3 is 0 Å². The van der Waals surface area contributed by atoms with Crippen molar-refractivity contribution in [2.45, 2.75) is 26.1 Å². The number of aryl methyl sites for hydroxylation is 1. The van der Waals surface area contributed by atoms with Gasteiger partial charge in [-0.05, 0) is 23.9 Å². The van der Waals surface area contributed by atoms with E-state index in [1.165, 1.54) is 10.4 Å². The second-order valence-electron chi connectivity index (χ2n) is 5.76. The van der Waals surface area contributed by atoms with Crippen LogP contribution in [0, 0.1) is 0 Å². The molecule has 0 amide bonds. The molecule has 0 N–H and O–H groups in total. The number of aromatic nitrogens is 2. The largest absolute Gasteiger partial charge is 0.496 e. The average Bonchev–Trinajstić information content (AvgIpc) is 3.29. The molecule has 3 aromatic rings. The van der Waals surface area contributed by atoms with Gasteiger partial charge in [0.2, 0.25) is 0 Å². The van der Waals surface area contributed by atoms with Crippen molar-refractivity contribution in [3.05, 3.63) is 70.9 Å². The summed E-state index contributed by atoms with van der Waals surface area (Å²) < 4.78 is 7.64. The zero-order valence-corrected chi connectivity index (χ0v) is 14.8. The number of rotatable bonds is 9. The first-order valence-corrected chi connectivity index (χ1v) is 9.05. The third-order valence-electron chi connectivity index (χ3n) is 4.00. The maximum absolute atomic E-state index is 5.51. The molecular weight excluding hydrogens is 318 g/mol. The highest BCUT2D eigenvalue weighted by Crippen LogP contribution is 2.21. The molecule has 0 radical (unpaired) electrons. The van der Waals surface area contributed by atoms with Gasteiger partial charge < -0.3 is 9.30 Å². The van der Waals surface area contributed by atoms with Crippen LogP contribution in [0.25, 0.3) is 0 Å². The summed E-state index contributed by atoms with van der Waals surface area (Å²) in [7, 11) is 1.74. The van der Waals surface area contributed by atoms with Crippen LogP contribution < -0.4 is 4.74 Å². The average molecular weight is 341 g/mol. The number of hydrogen-bond donors (Lipinski definition) is 0. The molecule has 0 aliphatic carbocycles. The van der Waals surface area contributed by atoms with Crippen LogP contribution in [0.4, 0.5) is 0 Å². The molecule has 0 atom stereocenters. The Hall–Kier alpha value is -2.11. The molecule has 4 nitrogen and oxygen atoms in total. The van der Waals surface area contributed by atoms with Gasteiger partial charge in [-0.15, -0.1) is 11.3 Å². The van der Waals surface area contributed by atoms with E-state index >= 15 is 0 Å². The Bertz CT molecular complexity index is 710. The van der Waals surface area contributed by atoms with Crippen LogP contribution >= 0.6 is 11.3 Å². The molecule has 0 bridgehead atoms. The number of benzene rings is 1. The molecule has 2 heterocycles. The molecule has 24 heavy (non-hydrogen) atoms. The van der Waals surface area contributed by atoms with Gasteiger partial charge in [-0.25, -0.2) is 4.98 Å². The van der Waals surface area contributed by atoms with Gasteiger partial charge in [-0.3, -0.25) is 4.90 Å². The van der Waals surface area contributed by atoms with Crippen molar-refractivity contribution in [2.24, 2.45) is 0 Å². The summed E-state index contributed by atoms with van der Waals surface area (Å²) in [5.41, 5.74) is 1.24. The van der Waals surface area contributed by atoms with Crippen molar-refractivity contribution in [1.82, 2.24) is 14.5 Å². The Balaban J connectivity index is 1.64. The van der Waals surface area contributed by atoms with Crippen molar-refractivity contribution in [2.75, 3.05) is 13.7 Å². The molecule has 0 spiro atoms. The number of imidazole rings is 1. The number of thiophene rings is 1. The molecule has 0 unspecified atom stereocenters. The predicted molar refractivity (Wildman–Crippen MR) is 98.3 cm³/mol. The predicted octanol–water partition coefficient (Wildman–Crippen LogP) is 4.05. The van der Waals surface area contributed by atoms with E-state index in [2.05, 4.69) is 44.1 Å². The summed E-state index contributed by atoms with van der Waals surface area (Å²) in [6.45, 7) is 3.90. The Morgan fingerprint density at radius 1 is 1.17 bits per heavy atom. The molecule has 2 aromatic heterocycles. The molecule has 0 aliphatic heterocycles. The molecule has 0 aliphatic rings. The topological polar surface area (TPSA) is 30.3 Å². The normalized spacial score (nSPS) is 11.1. The van der Waals surface area contributed by atoms with Gasteiger partial charge in [0.15, 0.2) is 0 Å². The Morgan fingerprint density at radius 2 is 2.08 bits per heavy atom. The number of ether oxygens (including phenoxy) is 1. The minimum atomic E-state index is 0.895. The van der Waals surface area contributed by atoms with E-state index in [4.69, 9.17) is 4.74 Å². The Morgan fingerprint density at radius 3 is 2.83 bits per heavy atom. The third kappa shape index (κ3) is 4.69. The first-order valence-electron chi connectivity index (χ1n) is 8.17. The van der Waals surface area contributed by atoms with Crippen molar-refractivity contribution in [3.8, 4) is 5.75 Å². The van der Waals surface area contributed by atoms with Gasteiger partial charge in [-0.1, -0.05) is 24.3 Å². The second-order valence-corrected chi connectivity index (χ2v) is 6.79. The van der Waals surface area contributed by atoms with Crippen LogP contribution in [0.1, 0.15) is 16.9 Å². The summed E-state index contributed by atoms with van der Waals surface area (Å²) in [6, 6.07) is 12.6. The Kier molecular flexibility index (Phi) is 6.04. The molecule has 0 fully saturated rings. The Labute approximate surface area is 147 Å². The van der Waals surface area contributed by atoms with Crippen LogP contribution in [0.3, 0.4) is 0 Å². The maximum atomic E-state index is 5.51. The summed E-state index contributed by atoms with van der Waals surface area (Å²) in [6.07, 6.45) is 6.82. The lowest BCUT2D eigenvalue weighted by molar-refractivity contribution is 0.246. The molecule has 0 saturated carbocycles. The highest BCUT2D eigenvalue weighted by Gasteiger charge is 2.11. The fourth-order valence-electron chi connectivity index (χ4n) is 2.81. The zero-order chi connectivity index (χ0) is 16.6. The minimum Gasteiger partial charge on any atom is -0.496 e. The van der Waals surface area contributed by atoms with E-state index < -0.39 is 0 Å². The van der Waals surface area contributed by atoms with Gasteiger partial charge in [-0.2, -0.15) is 0 Å². The lowest BCUT2D eigenvalue weighted by Gasteiger charge is -2.23. The summed E-state index contributed by atoms with van der Waals surface area (Å²) in [5.74, 6) is 0.961. The van der Waals surface area contributed by atoms with E-state index in [9.17, 15) is 0 Å². The number of methoxy groups -OCH3 is 1. The van der Waals surface area contributed by atoms with E-state index in [0.29, 0.717) is 0 Å². The molecule has 3 rings (SSSR count). The quantitative estimate of drug-likeness (QED) is 0.588. The number of nitrogens with zero attached hydrogens (tertiary/aromatic N) is 3. The molecule has 126 valence electrons. The highest BCUT2D eigenvalue weighted by molar-refractivity contribution is 7.09. The number of para-hydroxylation sites is 1. The molecule has 1 aromatic carbocycles. The van der Waals surface area contributed by atoms with E-state index in [1.807, 2.05) is 42.2 Å². The smallest absolute Gasteiger partial charge is 0.123 e. The van der Waals surface area contributed by atoms with E-state index in [1.54, 1.807) is 7.11 Å². The molecule has 5 heteroatoms. The number of hydrogen-bond acceptors (Lipinski definition) is 4. The fraction of sp³-hybridized carbons (Fsp3) is 0.316. The van der Waals surface area contributed by atoms with E-state index in [0.717, 1.165) is 38.3 Å². The van der Waals surface area contributed by atoms with Crippen molar-refractivity contribution in [1.29, 1.82) is 0 Å². The van der Waals surface area contributed by atoms with Gasteiger partial charge in [0.05, 0.1) is 13.4 Å². The zero-order valence-electron chi connectivity index (χ0n) is 14.0. The van der Waals surface area contributed by atoms with Crippen molar-refractivity contribution >= 4 is 11.3 Å². The summed E-state index contributed by atoms with van der Waals surface area (Å²) in [5, 5.41) is 2.14. The third-order valence-corrected chi connectivity index (χ3v) is 4.86. The van der Waals surface area contributed by atoms with Gasteiger partial charge in [0.25, 0.3) is 0 Å². The van der Waals surface area contributed by atoms with Crippen molar-refractivity contribution < 1.29 is 4.74 Å². The highest BCUT2D eigenvalue weighted by atomic mass is 32.1. The molecular formula is C19H23N3OS. The lowest BCUT2D eigenvalue weighted by Crippen LogP contribution is -2.24. The second kappa shape index (κ2) is 8.66. The first-order chi connectivity index (χ1) is 11.8. The summed E-state index contributed by atoms with van der Waals surface area (Å²) >= 11 is 1.81. The van der Waals surface area contributed by atoms with Gasteiger partial charge in [0.1, 0.15) is 5.75 Å². The van der Waals surface area contributed by atoms with E-state index in [-0.39, 0.29) is 0 Å². The summed E-state index contributed by atoms with van der Waals surface area (Å²) in [4.78, 5) is 7.99. The van der Waals surface area contributed by atoms with Crippen LogP contribution in [0.15, 0.2) is 60.5 Å². The monoisotopic (exact) mass is 341 g/mol. The lowest BCUT2D eigenvalue weighted by atomic mass is 10.1. The van der Waals surface area contributed by atoms with Crippen molar-refractivity contribution in [3.63, 3.8) is 0 Å². The standard InChI is InChI=1S/C19H23N3OS/c1-23-19-8-3-2-6-17(19)14-22(15-18-7-4-13-24-18)11-5-10-21-12-9-20-16-21/h2-4,6-9,12-13,16H,5,10-11,14-15H2,1H3. The van der Waals surface area contributed by atoms with Crippen LogP contribution in [0.5, 0.6) is 5.75 Å². The fourth-order valence-corrected chi connectivity index (χ4v) is 3.55. The van der Waals surface area contributed by atoms with Gasteiger partial charge in [0, 0.05) is 49.0 Å². The van der Waals surface area contributed by atoms with Crippen LogP contribution in [0.2, 0.25) is 0 Å². The van der Waals surface area contributed by atoms with Crippen LogP contribution in [-0.4, -0.2) is 28.1 Å². The van der Waals surface area contributed by atoms with Crippen LogP contribution in [-0.2, 0) is 19.6 Å². The molecule has 0 saturated heterocycles. The first kappa shape index (κ1) is 16.7. The SMILES string of the molecule is COc1ccccc1CN(CCCn1ccnc1)Cc1cccs1. The minimum absolute atomic E-state index is 0.895. The maximum Gasteiger partial charge on any atom is 0.123 e.